The zero-order valence-electron chi connectivity index (χ0n) is 15.4. The second-order valence-electron chi connectivity index (χ2n) is 6.57. The maximum absolute atomic E-state index is 14.0. The lowest BCUT2D eigenvalue weighted by Crippen LogP contribution is -2.29. The Hall–Kier alpha value is -3.42. The number of carbonyl (C=O) groups excluding carboxylic acids is 1. The van der Waals surface area contributed by atoms with Gasteiger partial charge in [0.05, 0.1) is 17.9 Å². The summed E-state index contributed by atoms with van der Waals surface area (Å²) in [5.41, 5.74) is 1.77. The van der Waals surface area contributed by atoms with E-state index >= 15 is 0 Å². The quantitative estimate of drug-likeness (QED) is 0.752. The molecule has 2 aromatic carbocycles. The molecule has 0 unspecified atom stereocenters. The van der Waals surface area contributed by atoms with Crippen molar-refractivity contribution in [3.63, 3.8) is 0 Å². The number of ether oxygens (including phenoxy) is 1. The van der Waals surface area contributed by atoms with E-state index in [0.29, 0.717) is 23.7 Å². The van der Waals surface area contributed by atoms with E-state index in [2.05, 4.69) is 10.4 Å². The Morgan fingerprint density at radius 1 is 1.14 bits per heavy atom. The summed E-state index contributed by atoms with van der Waals surface area (Å²) in [6.07, 6.45) is 0. The largest absolute Gasteiger partial charge is 0.490 e. The number of rotatable bonds is 3. The van der Waals surface area contributed by atoms with Crippen molar-refractivity contribution in [3.05, 3.63) is 59.7 Å². The lowest BCUT2D eigenvalue weighted by molar-refractivity contribution is 0.102. The normalized spacial score (nSPS) is 13.1. The number of hydrogen-bond acceptors (Lipinski definition) is 4. The van der Waals surface area contributed by atoms with Crippen LogP contribution in [0, 0.1) is 11.6 Å². The third kappa shape index (κ3) is 3.28. The predicted molar refractivity (Wildman–Crippen MR) is 102 cm³/mol. The maximum atomic E-state index is 14.0. The van der Waals surface area contributed by atoms with Crippen LogP contribution in [0.25, 0.3) is 11.3 Å². The Bertz CT molecular complexity index is 1060. The molecule has 0 bridgehead atoms. The van der Waals surface area contributed by atoms with E-state index in [1.54, 1.807) is 31.3 Å². The van der Waals surface area contributed by atoms with Crippen molar-refractivity contribution >= 4 is 17.4 Å². The molecule has 3 aromatic rings. The SMILES string of the molecule is CN1CCOc2ccc(C(=O)Nc3cc(-c4ccc(F)cc4F)nn3C)cc21. The third-order valence-corrected chi connectivity index (χ3v) is 4.65. The topological polar surface area (TPSA) is 59.4 Å². The molecule has 0 fully saturated rings. The Labute approximate surface area is 160 Å². The molecule has 0 aliphatic carbocycles. The molecule has 1 N–H and O–H groups in total. The molecular formula is C20H18F2N4O2. The summed E-state index contributed by atoms with van der Waals surface area (Å²) >= 11 is 0. The third-order valence-electron chi connectivity index (χ3n) is 4.65. The first kappa shape index (κ1) is 18.0. The smallest absolute Gasteiger partial charge is 0.256 e. The Morgan fingerprint density at radius 2 is 1.96 bits per heavy atom. The van der Waals surface area contributed by atoms with E-state index < -0.39 is 11.6 Å². The van der Waals surface area contributed by atoms with Gasteiger partial charge in [0.1, 0.15) is 29.8 Å². The Morgan fingerprint density at radius 3 is 2.75 bits per heavy atom. The van der Waals surface area contributed by atoms with E-state index in [-0.39, 0.29) is 11.5 Å². The number of carbonyl (C=O) groups is 1. The molecule has 0 atom stereocenters. The van der Waals surface area contributed by atoms with Gasteiger partial charge in [0.25, 0.3) is 5.91 Å². The van der Waals surface area contributed by atoms with Crippen molar-refractivity contribution in [2.24, 2.45) is 7.05 Å². The molecule has 1 aliphatic heterocycles. The molecule has 0 spiro atoms. The number of nitrogens with one attached hydrogen (secondary N) is 1. The molecule has 1 aliphatic rings. The second-order valence-corrected chi connectivity index (χ2v) is 6.57. The summed E-state index contributed by atoms with van der Waals surface area (Å²) in [7, 11) is 3.57. The summed E-state index contributed by atoms with van der Waals surface area (Å²) in [4.78, 5) is 14.7. The number of aromatic nitrogens is 2. The van der Waals surface area contributed by atoms with E-state index in [4.69, 9.17) is 4.74 Å². The fourth-order valence-electron chi connectivity index (χ4n) is 3.09. The van der Waals surface area contributed by atoms with Crippen LogP contribution in [0.15, 0.2) is 42.5 Å². The van der Waals surface area contributed by atoms with Crippen LogP contribution in [-0.4, -0.2) is 35.9 Å². The highest BCUT2D eigenvalue weighted by molar-refractivity contribution is 6.05. The number of nitrogens with zero attached hydrogens (tertiary/aromatic N) is 3. The Balaban J connectivity index is 1.59. The van der Waals surface area contributed by atoms with Gasteiger partial charge in [-0.25, -0.2) is 8.78 Å². The van der Waals surface area contributed by atoms with Crippen LogP contribution < -0.4 is 15.0 Å². The molecule has 144 valence electrons. The number of hydrogen-bond donors (Lipinski definition) is 1. The first-order valence-corrected chi connectivity index (χ1v) is 8.71. The van der Waals surface area contributed by atoms with Gasteiger partial charge >= 0.3 is 0 Å². The average molecular weight is 384 g/mol. The van der Waals surface area contributed by atoms with Crippen LogP contribution in [-0.2, 0) is 7.05 Å². The van der Waals surface area contributed by atoms with Gasteiger partial charge in [-0.05, 0) is 30.3 Å². The van der Waals surface area contributed by atoms with Crippen molar-refractivity contribution in [2.75, 3.05) is 30.4 Å². The summed E-state index contributed by atoms with van der Waals surface area (Å²) in [5.74, 6) is -0.567. The molecule has 0 saturated heterocycles. The van der Waals surface area contributed by atoms with Gasteiger partial charge in [-0.1, -0.05) is 0 Å². The minimum absolute atomic E-state index is 0.157. The molecule has 2 heterocycles. The lowest BCUT2D eigenvalue weighted by atomic mass is 10.1. The van der Waals surface area contributed by atoms with Crippen molar-refractivity contribution < 1.29 is 18.3 Å². The van der Waals surface area contributed by atoms with Crippen molar-refractivity contribution in [1.82, 2.24) is 9.78 Å². The minimum atomic E-state index is -0.714. The van der Waals surface area contributed by atoms with Gasteiger partial charge in [-0.3, -0.25) is 9.48 Å². The van der Waals surface area contributed by atoms with E-state index in [1.165, 1.54) is 10.7 Å². The van der Waals surface area contributed by atoms with Crippen molar-refractivity contribution in [1.29, 1.82) is 0 Å². The summed E-state index contributed by atoms with van der Waals surface area (Å²) < 4.78 is 34.2. The molecule has 4 rings (SSSR count). The molecule has 28 heavy (non-hydrogen) atoms. The Kier molecular flexibility index (Phi) is 4.46. The minimum Gasteiger partial charge on any atom is -0.490 e. The summed E-state index contributed by atoms with van der Waals surface area (Å²) in [6.45, 7) is 1.35. The fourth-order valence-corrected chi connectivity index (χ4v) is 3.09. The molecule has 1 amide bonds. The standard InChI is InChI=1S/C20H18F2N4O2/c1-25-7-8-28-18-6-3-12(9-17(18)25)20(27)23-19-11-16(24-26(19)2)14-5-4-13(21)10-15(14)22/h3-6,9-11H,7-8H2,1-2H3,(H,23,27). The van der Waals surface area contributed by atoms with Gasteiger partial charge in [0.2, 0.25) is 0 Å². The number of fused-ring (bicyclic) bond motifs is 1. The maximum Gasteiger partial charge on any atom is 0.256 e. The van der Waals surface area contributed by atoms with Gasteiger partial charge in [0.15, 0.2) is 0 Å². The van der Waals surface area contributed by atoms with Crippen LogP contribution in [0.1, 0.15) is 10.4 Å². The van der Waals surface area contributed by atoms with Gasteiger partial charge in [-0.15, -0.1) is 0 Å². The highest BCUT2D eigenvalue weighted by Gasteiger charge is 2.19. The van der Waals surface area contributed by atoms with Crippen LogP contribution in [0.3, 0.4) is 0 Å². The van der Waals surface area contributed by atoms with Crippen LogP contribution in [0.5, 0.6) is 5.75 Å². The first-order chi connectivity index (χ1) is 13.4. The second kappa shape index (κ2) is 6.95. The zero-order valence-corrected chi connectivity index (χ0v) is 15.4. The van der Waals surface area contributed by atoms with Crippen LogP contribution >= 0.6 is 0 Å². The molecular weight excluding hydrogens is 366 g/mol. The summed E-state index contributed by atoms with van der Waals surface area (Å²) in [5, 5.41) is 6.99. The zero-order chi connectivity index (χ0) is 19.8. The molecule has 6 nitrogen and oxygen atoms in total. The number of amides is 1. The van der Waals surface area contributed by atoms with E-state index in [0.717, 1.165) is 30.1 Å². The fraction of sp³-hybridized carbons (Fsp3) is 0.200. The predicted octanol–water partition coefficient (Wildman–Crippen LogP) is 3.45. The number of benzene rings is 2. The van der Waals surface area contributed by atoms with Gasteiger partial charge < -0.3 is 15.0 Å². The highest BCUT2D eigenvalue weighted by atomic mass is 19.1. The molecule has 8 heteroatoms. The summed E-state index contributed by atoms with van der Waals surface area (Å²) in [6, 6.07) is 10.0. The first-order valence-electron chi connectivity index (χ1n) is 8.71. The van der Waals surface area contributed by atoms with Crippen LogP contribution in [0.4, 0.5) is 20.3 Å². The molecule has 0 radical (unpaired) electrons. The van der Waals surface area contributed by atoms with Crippen molar-refractivity contribution in [2.45, 2.75) is 0 Å². The monoisotopic (exact) mass is 384 g/mol. The van der Waals surface area contributed by atoms with Crippen LogP contribution in [0.2, 0.25) is 0 Å². The number of anilines is 2. The number of halogens is 2. The molecule has 0 saturated carbocycles. The number of likely N-dealkylation sites (N-methyl/N-ethyl adjacent to an activating group) is 1. The lowest BCUT2D eigenvalue weighted by Gasteiger charge is -2.27. The number of aryl methyl sites for hydroxylation is 1. The highest BCUT2D eigenvalue weighted by Crippen LogP contribution is 2.32. The van der Waals surface area contributed by atoms with Gasteiger partial charge in [0, 0.05) is 37.4 Å². The molecule has 1 aromatic heterocycles. The van der Waals surface area contributed by atoms with Crippen molar-refractivity contribution in [3.8, 4) is 17.0 Å². The van der Waals surface area contributed by atoms with Gasteiger partial charge in [-0.2, -0.15) is 5.10 Å². The average Bonchev–Trinajstić information content (AvgIpc) is 3.02. The van der Waals surface area contributed by atoms with E-state index in [9.17, 15) is 13.6 Å². The van der Waals surface area contributed by atoms with E-state index in [1.807, 2.05) is 11.9 Å².